The molecule has 1 amide bonds. The average Bonchev–Trinajstić information content (AvgIpc) is 3.33. The first kappa shape index (κ1) is 23.5. The molecule has 0 saturated heterocycles. The molecule has 36 heavy (non-hydrogen) atoms. The summed E-state index contributed by atoms with van der Waals surface area (Å²) < 4.78 is 8.68. The zero-order valence-corrected chi connectivity index (χ0v) is 20.8. The van der Waals surface area contributed by atoms with Crippen LogP contribution in [0.5, 0.6) is 0 Å². The highest BCUT2D eigenvalue weighted by atomic mass is 16.5. The van der Waals surface area contributed by atoms with Gasteiger partial charge in [-0.2, -0.15) is 5.10 Å². The first-order valence-corrected chi connectivity index (χ1v) is 11.9. The van der Waals surface area contributed by atoms with E-state index in [0.29, 0.717) is 11.1 Å². The summed E-state index contributed by atoms with van der Waals surface area (Å²) in [6, 6.07) is 15.5. The predicted octanol–water partition coefficient (Wildman–Crippen LogP) is 3.91. The minimum atomic E-state index is -0.412. The number of aryl methyl sites for hydroxylation is 1. The Morgan fingerprint density at radius 1 is 1.08 bits per heavy atom. The summed E-state index contributed by atoms with van der Waals surface area (Å²) in [4.78, 5) is 26.6. The van der Waals surface area contributed by atoms with Crippen molar-refractivity contribution in [1.82, 2.24) is 29.7 Å². The van der Waals surface area contributed by atoms with Crippen molar-refractivity contribution in [1.29, 1.82) is 0 Å². The topological polar surface area (TPSA) is 95.1 Å². The second-order valence-corrected chi connectivity index (χ2v) is 9.13. The first-order valence-electron chi connectivity index (χ1n) is 11.9. The largest absolute Gasteiger partial charge is 0.465 e. The van der Waals surface area contributed by atoms with E-state index in [9.17, 15) is 9.59 Å². The Kier molecular flexibility index (Phi) is 6.13. The molecule has 9 nitrogen and oxygen atoms in total. The van der Waals surface area contributed by atoms with Gasteiger partial charge >= 0.3 is 5.97 Å². The number of benzene rings is 2. The van der Waals surface area contributed by atoms with Crippen LogP contribution in [0.3, 0.4) is 0 Å². The molecule has 1 saturated carbocycles. The van der Waals surface area contributed by atoms with Crippen LogP contribution in [0.2, 0.25) is 0 Å². The standard InChI is InChI=1S/C27H28N6O3/c1-5-32-16-24(29-30-32)21-14-22(21)25-23(27(35)36-4)15-28-33(25)20-11-7-9-18(13-20)17-8-6-10-19(12-17)26(34)31(2)3/h6-13,15-16,21-22H,5,14H2,1-4H3. The average molecular weight is 485 g/mol. The molecule has 2 heterocycles. The second kappa shape index (κ2) is 9.41. The van der Waals surface area contributed by atoms with Gasteiger partial charge in [0.1, 0.15) is 5.56 Å². The van der Waals surface area contributed by atoms with Gasteiger partial charge in [0.2, 0.25) is 0 Å². The van der Waals surface area contributed by atoms with Crippen molar-refractivity contribution in [2.24, 2.45) is 0 Å². The second-order valence-electron chi connectivity index (χ2n) is 9.13. The van der Waals surface area contributed by atoms with E-state index >= 15 is 0 Å². The lowest BCUT2D eigenvalue weighted by Crippen LogP contribution is -2.21. The molecule has 2 aromatic heterocycles. The maximum atomic E-state index is 12.6. The molecule has 4 aromatic rings. The van der Waals surface area contributed by atoms with E-state index < -0.39 is 5.97 Å². The Morgan fingerprint density at radius 3 is 2.53 bits per heavy atom. The molecule has 9 heteroatoms. The van der Waals surface area contributed by atoms with Crippen molar-refractivity contribution in [3.8, 4) is 16.8 Å². The lowest BCUT2D eigenvalue weighted by molar-refractivity contribution is 0.0599. The number of hydrogen-bond donors (Lipinski definition) is 0. The van der Waals surface area contributed by atoms with E-state index in [1.807, 2.05) is 71.0 Å². The highest BCUT2D eigenvalue weighted by Gasteiger charge is 2.46. The van der Waals surface area contributed by atoms with Crippen molar-refractivity contribution in [2.45, 2.75) is 31.7 Å². The number of aromatic nitrogens is 5. The number of carbonyl (C=O) groups excluding carboxylic acids is 2. The van der Waals surface area contributed by atoms with Gasteiger partial charge in [0, 0.05) is 44.2 Å². The van der Waals surface area contributed by atoms with Crippen molar-refractivity contribution in [3.63, 3.8) is 0 Å². The summed E-state index contributed by atoms with van der Waals surface area (Å²) in [6.07, 6.45) is 4.39. The number of ether oxygens (including phenoxy) is 1. The summed E-state index contributed by atoms with van der Waals surface area (Å²) in [5, 5.41) is 13.1. The molecule has 1 fully saturated rings. The van der Waals surface area contributed by atoms with Crippen molar-refractivity contribution in [2.75, 3.05) is 21.2 Å². The molecule has 0 spiro atoms. The Morgan fingerprint density at radius 2 is 1.83 bits per heavy atom. The van der Waals surface area contributed by atoms with Crippen LogP contribution in [0.1, 0.15) is 57.3 Å². The molecule has 1 aliphatic rings. The monoisotopic (exact) mass is 484 g/mol. The van der Waals surface area contributed by atoms with E-state index in [1.54, 1.807) is 25.2 Å². The highest BCUT2D eigenvalue weighted by Crippen LogP contribution is 2.55. The third-order valence-corrected chi connectivity index (χ3v) is 6.55. The van der Waals surface area contributed by atoms with Crippen LogP contribution in [0, 0.1) is 0 Å². The van der Waals surface area contributed by atoms with Gasteiger partial charge in [0.05, 0.1) is 30.4 Å². The van der Waals surface area contributed by atoms with Crippen LogP contribution in [-0.4, -0.2) is 62.8 Å². The van der Waals surface area contributed by atoms with Crippen LogP contribution in [0.25, 0.3) is 16.8 Å². The lowest BCUT2D eigenvalue weighted by Gasteiger charge is -2.13. The number of nitrogens with zero attached hydrogens (tertiary/aromatic N) is 6. The summed E-state index contributed by atoms with van der Waals surface area (Å²) in [7, 11) is 4.85. The van der Waals surface area contributed by atoms with Crippen LogP contribution in [0.4, 0.5) is 0 Å². The van der Waals surface area contributed by atoms with Gasteiger partial charge in [-0.05, 0) is 48.7 Å². The third-order valence-electron chi connectivity index (χ3n) is 6.55. The summed E-state index contributed by atoms with van der Waals surface area (Å²) in [5.41, 5.74) is 5.50. The molecule has 0 aliphatic heterocycles. The minimum Gasteiger partial charge on any atom is -0.465 e. The van der Waals surface area contributed by atoms with Gasteiger partial charge in [-0.1, -0.05) is 29.5 Å². The van der Waals surface area contributed by atoms with Gasteiger partial charge in [-0.3, -0.25) is 9.48 Å². The summed E-state index contributed by atoms with van der Waals surface area (Å²) in [5.74, 6) is -0.218. The fourth-order valence-corrected chi connectivity index (χ4v) is 4.56. The van der Waals surface area contributed by atoms with Crippen molar-refractivity contribution < 1.29 is 14.3 Å². The first-order chi connectivity index (χ1) is 17.4. The molecule has 184 valence electrons. The quantitative estimate of drug-likeness (QED) is 0.369. The van der Waals surface area contributed by atoms with Gasteiger partial charge in [0.15, 0.2) is 0 Å². The van der Waals surface area contributed by atoms with Gasteiger partial charge < -0.3 is 9.64 Å². The molecular formula is C27H28N6O3. The number of methoxy groups -OCH3 is 1. The lowest BCUT2D eigenvalue weighted by atomic mass is 10.0. The molecule has 0 radical (unpaired) electrons. The number of esters is 1. The van der Waals surface area contributed by atoms with E-state index in [4.69, 9.17) is 4.74 Å². The predicted molar refractivity (Wildman–Crippen MR) is 134 cm³/mol. The van der Waals surface area contributed by atoms with Gasteiger partial charge in [0.25, 0.3) is 5.91 Å². The fraction of sp³-hybridized carbons (Fsp3) is 0.296. The van der Waals surface area contributed by atoms with Gasteiger partial charge in [-0.25, -0.2) is 9.48 Å². The molecule has 2 unspecified atom stereocenters. The fourth-order valence-electron chi connectivity index (χ4n) is 4.56. The van der Waals surface area contributed by atoms with Gasteiger partial charge in [-0.15, -0.1) is 5.10 Å². The third kappa shape index (κ3) is 4.28. The minimum absolute atomic E-state index is 0.0510. The number of hydrogen-bond acceptors (Lipinski definition) is 6. The van der Waals surface area contributed by atoms with Crippen LogP contribution >= 0.6 is 0 Å². The summed E-state index contributed by atoms with van der Waals surface area (Å²) >= 11 is 0. The highest BCUT2D eigenvalue weighted by molar-refractivity contribution is 5.95. The maximum absolute atomic E-state index is 12.6. The Bertz CT molecular complexity index is 1440. The number of amides is 1. The Balaban J connectivity index is 1.53. The summed E-state index contributed by atoms with van der Waals surface area (Å²) in [6.45, 7) is 2.77. The van der Waals surface area contributed by atoms with E-state index in [1.165, 1.54) is 7.11 Å². The van der Waals surface area contributed by atoms with Crippen molar-refractivity contribution >= 4 is 11.9 Å². The van der Waals surface area contributed by atoms with E-state index in [2.05, 4.69) is 15.4 Å². The zero-order chi connectivity index (χ0) is 25.4. The van der Waals surface area contributed by atoms with E-state index in [-0.39, 0.29) is 17.7 Å². The molecule has 0 bridgehead atoms. The van der Waals surface area contributed by atoms with Crippen molar-refractivity contribution in [3.05, 3.63) is 83.4 Å². The molecule has 2 atom stereocenters. The molecular weight excluding hydrogens is 456 g/mol. The SMILES string of the molecule is CCn1cc(C2CC2c2c(C(=O)OC)cnn2-c2cccc(-c3cccc(C(=O)N(C)C)c3)c2)nn1. The van der Waals surface area contributed by atoms with Crippen LogP contribution in [-0.2, 0) is 11.3 Å². The number of carbonyl (C=O) groups is 2. The molecule has 0 N–H and O–H groups in total. The van der Waals surface area contributed by atoms with E-state index in [0.717, 1.165) is 41.2 Å². The maximum Gasteiger partial charge on any atom is 0.341 e. The smallest absolute Gasteiger partial charge is 0.341 e. The van der Waals surface area contributed by atoms with Crippen LogP contribution in [0.15, 0.2) is 60.9 Å². The zero-order valence-electron chi connectivity index (χ0n) is 20.8. The number of rotatable bonds is 7. The Labute approximate surface area is 209 Å². The molecule has 1 aliphatic carbocycles. The normalized spacial score (nSPS) is 16.6. The Hall–Kier alpha value is -4.27. The molecule has 5 rings (SSSR count). The van der Waals surface area contributed by atoms with Crippen LogP contribution < -0.4 is 0 Å². The molecule has 2 aromatic carbocycles.